The van der Waals surface area contributed by atoms with Gasteiger partial charge in [-0.2, -0.15) is 5.10 Å². The van der Waals surface area contributed by atoms with Crippen LogP contribution in [0.2, 0.25) is 5.02 Å². The molecule has 2 aromatic heterocycles. The van der Waals surface area contributed by atoms with Gasteiger partial charge < -0.3 is 4.72 Å². The van der Waals surface area contributed by atoms with Crippen LogP contribution in [0.15, 0.2) is 41.9 Å². The summed E-state index contributed by atoms with van der Waals surface area (Å²) in [5, 5.41) is 9.73. The number of hydrogen-bond donors (Lipinski definition) is 2. The van der Waals surface area contributed by atoms with Gasteiger partial charge in [-0.25, -0.2) is 9.97 Å². The topological polar surface area (TPSA) is 66.5 Å². The number of fused-ring (bicyclic) bond motifs is 1. The molecule has 2 N–H and O–H groups in total. The van der Waals surface area contributed by atoms with Crippen molar-refractivity contribution in [3.05, 3.63) is 41.9 Å². The van der Waals surface area contributed by atoms with Gasteiger partial charge in [0.1, 0.15) is 11.4 Å². The fourth-order valence-corrected chi connectivity index (χ4v) is 2.37. The molecule has 0 spiro atoms. The number of halogens is 1. The van der Waals surface area contributed by atoms with Gasteiger partial charge in [0.15, 0.2) is 0 Å². The van der Waals surface area contributed by atoms with E-state index in [0.29, 0.717) is 5.02 Å². The van der Waals surface area contributed by atoms with Gasteiger partial charge in [-0.05, 0) is 18.2 Å². The van der Waals surface area contributed by atoms with Crippen molar-refractivity contribution in [3.63, 3.8) is 0 Å². The molecule has 0 fully saturated rings. The van der Waals surface area contributed by atoms with Crippen molar-refractivity contribution in [3.8, 4) is 0 Å². The zero-order valence-electron chi connectivity index (χ0n) is 9.09. The number of aromatic nitrogens is 4. The maximum atomic E-state index is 5.91. The third-order valence-electron chi connectivity index (χ3n) is 2.32. The van der Waals surface area contributed by atoms with Crippen molar-refractivity contribution in [2.75, 3.05) is 4.72 Å². The first-order valence-corrected chi connectivity index (χ1v) is 6.34. The highest BCUT2D eigenvalue weighted by Crippen LogP contribution is 2.27. The Morgan fingerprint density at radius 3 is 2.89 bits per heavy atom. The van der Waals surface area contributed by atoms with Gasteiger partial charge in [0.05, 0.1) is 23.6 Å². The largest absolute Gasteiger partial charge is 0.322 e. The van der Waals surface area contributed by atoms with Gasteiger partial charge in [0.2, 0.25) is 0 Å². The highest BCUT2D eigenvalue weighted by atomic mass is 35.5. The minimum Gasteiger partial charge on any atom is -0.322 e. The van der Waals surface area contributed by atoms with Crippen molar-refractivity contribution in [1.82, 2.24) is 20.2 Å². The van der Waals surface area contributed by atoms with E-state index in [9.17, 15) is 0 Å². The van der Waals surface area contributed by atoms with Crippen LogP contribution in [-0.2, 0) is 0 Å². The summed E-state index contributed by atoms with van der Waals surface area (Å²) in [6.45, 7) is 0. The molecule has 2 heterocycles. The lowest BCUT2D eigenvalue weighted by Gasteiger charge is -2.01. The smallest absolute Gasteiger partial charge is 0.146 e. The summed E-state index contributed by atoms with van der Waals surface area (Å²) in [4.78, 5) is 7.85. The van der Waals surface area contributed by atoms with Crippen molar-refractivity contribution in [2.45, 2.75) is 5.03 Å². The van der Waals surface area contributed by atoms with E-state index < -0.39 is 0 Å². The van der Waals surface area contributed by atoms with E-state index in [2.05, 4.69) is 24.9 Å². The van der Waals surface area contributed by atoms with Gasteiger partial charge in [-0.3, -0.25) is 5.10 Å². The van der Waals surface area contributed by atoms with E-state index in [-0.39, 0.29) is 0 Å². The maximum absolute atomic E-state index is 5.91. The molecule has 0 radical (unpaired) electrons. The van der Waals surface area contributed by atoms with Crippen molar-refractivity contribution < 1.29 is 0 Å². The summed E-state index contributed by atoms with van der Waals surface area (Å²) in [7, 11) is 0. The Labute approximate surface area is 112 Å². The number of hydrogen-bond acceptors (Lipinski definition) is 5. The number of anilines is 1. The Morgan fingerprint density at radius 1 is 1.22 bits per heavy atom. The van der Waals surface area contributed by atoms with E-state index in [1.807, 2.05) is 18.2 Å². The van der Waals surface area contributed by atoms with E-state index in [0.717, 1.165) is 21.6 Å². The number of nitrogens with zero attached hydrogens (tertiary/aromatic N) is 3. The number of H-pyrrole nitrogens is 1. The third-order valence-corrected chi connectivity index (χ3v) is 3.39. The zero-order chi connectivity index (χ0) is 12.4. The summed E-state index contributed by atoms with van der Waals surface area (Å²) >= 11 is 7.31. The monoisotopic (exact) mass is 277 g/mol. The van der Waals surface area contributed by atoms with Gasteiger partial charge in [0.25, 0.3) is 0 Å². The Bertz CT molecular complexity index is 670. The summed E-state index contributed by atoms with van der Waals surface area (Å²) in [6.07, 6.45) is 4.89. The molecule has 0 bridgehead atoms. The first-order chi connectivity index (χ1) is 8.83. The predicted molar refractivity (Wildman–Crippen MR) is 72.6 cm³/mol. The lowest BCUT2D eigenvalue weighted by atomic mass is 10.3. The molecule has 5 nitrogen and oxygen atoms in total. The summed E-state index contributed by atoms with van der Waals surface area (Å²) in [5.41, 5.74) is 1.74. The first kappa shape index (κ1) is 11.3. The molecule has 0 unspecified atom stereocenters. The summed E-state index contributed by atoms with van der Waals surface area (Å²) < 4.78 is 3.13. The van der Waals surface area contributed by atoms with Crippen LogP contribution in [0.25, 0.3) is 10.9 Å². The molecule has 7 heteroatoms. The molecule has 3 rings (SSSR count). The first-order valence-electron chi connectivity index (χ1n) is 5.14. The molecule has 0 atom stereocenters. The fourth-order valence-electron chi connectivity index (χ4n) is 1.50. The quantitative estimate of drug-likeness (QED) is 0.720. The van der Waals surface area contributed by atoms with Crippen LogP contribution in [0.5, 0.6) is 0 Å². The van der Waals surface area contributed by atoms with Crippen LogP contribution in [0.3, 0.4) is 0 Å². The second-order valence-corrected chi connectivity index (χ2v) is 4.78. The molecule has 18 heavy (non-hydrogen) atoms. The van der Waals surface area contributed by atoms with Crippen molar-refractivity contribution in [2.24, 2.45) is 0 Å². The maximum Gasteiger partial charge on any atom is 0.146 e. The second-order valence-electron chi connectivity index (χ2n) is 3.55. The number of aromatic amines is 1. The minimum absolute atomic E-state index is 0.687. The Hall–Kier alpha value is -1.79. The average molecular weight is 278 g/mol. The number of rotatable bonds is 3. The Kier molecular flexibility index (Phi) is 3.04. The van der Waals surface area contributed by atoms with E-state index in [4.69, 9.17) is 11.6 Å². The van der Waals surface area contributed by atoms with Crippen LogP contribution < -0.4 is 4.72 Å². The zero-order valence-corrected chi connectivity index (χ0v) is 10.7. The van der Waals surface area contributed by atoms with E-state index >= 15 is 0 Å². The van der Waals surface area contributed by atoms with Crippen LogP contribution in [0, 0.1) is 0 Å². The van der Waals surface area contributed by atoms with Crippen molar-refractivity contribution >= 4 is 40.1 Å². The molecule has 90 valence electrons. The standard InChI is InChI=1S/C11H8ClN5S/c12-7-1-2-9-10(3-7)15-16-11(9)18-17-8-4-13-6-14-5-8/h1-6,17H,(H,15,16). The SMILES string of the molecule is Clc1ccc2c(SNc3cncnc3)n[nH]c2c1. The summed E-state index contributed by atoms with van der Waals surface area (Å²) in [6, 6.07) is 5.63. The van der Waals surface area contributed by atoms with Crippen LogP contribution >= 0.6 is 23.5 Å². The van der Waals surface area contributed by atoms with Crippen LogP contribution in [-0.4, -0.2) is 20.2 Å². The highest BCUT2D eigenvalue weighted by Gasteiger charge is 2.06. The molecular weight excluding hydrogens is 270 g/mol. The van der Waals surface area contributed by atoms with Gasteiger partial charge in [0, 0.05) is 22.4 Å². The lowest BCUT2D eigenvalue weighted by Crippen LogP contribution is -1.88. The van der Waals surface area contributed by atoms with Crippen molar-refractivity contribution in [1.29, 1.82) is 0 Å². The molecule has 0 amide bonds. The molecule has 0 aliphatic rings. The fraction of sp³-hybridized carbons (Fsp3) is 0. The molecule has 3 aromatic rings. The predicted octanol–water partition coefficient (Wildman–Crippen LogP) is 3.13. The molecule has 0 saturated heterocycles. The summed E-state index contributed by atoms with van der Waals surface area (Å²) in [5.74, 6) is 0. The molecule has 0 aliphatic carbocycles. The van der Waals surface area contributed by atoms with E-state index in [1.54, 1.807) is 12.4 Å². The molecule has 1 aromatic carbocycles. The van der Waals surface area contributed by atoms with Gasteiger partial charge in [-0.15, -0.1) is 0 Å². The third kappa shape index (κ3) is 2.25. The Balaban J connectivity index is 1.83. The highest BCUT2D eigenvalue weighted by molar-refractivity contribution is 8.00. The number of nitrogens with one attached hydrogen (secondary N) is 2. The minimum atomic E-state index is 0.687. The lowest BCUT2D eigenvalue weighted by molar-refractivity contribution is 1.02. The Morgan fingerprint density at radius 2 is 2.06 bits per heavy atom. The molecular formula is C11H8ClN5S. The molecule has 0 saturated carbocycles. The molecule has 0 aliphatic heterocycles. The van der Waals surface area contributed by atoms with Crippen LogP contribution in [0.1, 0.15) is 0 Å². The number of benzene rings is 1. The van der Waals surface area contributed by atoms with Gasteiger partial charge in [-0.1, -0.05) is 11.6 Å². The second kappa shape index (κ2) is 4.83. The van der Waals surface area contributed by atoms with Gasteiger partial charge >= 0.3 is 0 Å². The van der Waals surface area contributed by atoms with Crippen LogP contribution in [0.4, 0.5) is 5.69 Å². The average Bonchev–Trinajstić information content (AvgIpc) is 2.80. The normalized spacial score (nSPS) is 10.7. The van der Waals surface area contributed by atoms with E-state index in [1.165, 1.54) is 18.3 Å².